The number of benzene rings is 1. The van der Waals surface area contributed by atoms with Crippen molar-refractivity contribution in [2.75, 3.05) is 32.8 Å². The molecule has 0 aromatic heterocycles. The van der Waals surface area contributed by atoms with E-state index in [0.29, 0.717) is 23.6 Å². The average Bonchev–Trinajstić information content (AvgIpc) is 3.11. The fourth-order valence-electron chi connectivity index (χ4n) is 5.82. The van der Waals surface area contributed by atoms with Gasteiger partial charge in [0.2, 0.25) is 11.8 Å². The molecule has 1 aromatic rings. The van der Waals surface area contributed by atoms with Gasteiger partial charge in [0.15, 0.2) is 0 Å². The van der Waals surface area contributed by atoms with Crippen molar-refractivity contribution in [3.63, 3.8) is 0 Å². The van der Waals surface area contributed by atoms with Crippen LogP contribution in [0.2, 0.25) is 0 Å². The van der Waals surface area contributed by atoms with Crippen molar-refractivity contribution < 1.29 is 23.9 Å². The molecule has 4 amide bonds. The summed E-state index contributed by atoms with van der Waals surface area (Å²) in [6.45, 7) is 5.25. The van der Waals surface area contributed by atoms with Crippen molar-refractivity contribution in [2.45, 2.75) is 63.6 Å². The lowest BCUT2D eigenvalue weighted by Crippen LogP contribution is -2.54. The molecule has 9 nitrogen and oxygen atoms in total. The summed E-state index contributed by atoms with van der Waals surface area (Å²) in [5.41, 5.74) is 1.52. The summed E-state index contributed by atoms with van der Waals surface area (Å²) in [5.74, 6) is -1.16. The predicted molar refractivity (Wildman–Crippen MR) is 128 cm³/mol. The smallest absolute Gasteiger partial charge is 0.262 e. The van der Waals surface area contributed by atoms with E-state index in [1.54, 1.807) is 12.1 Å². The second kappa shape index (κ2) is 10.6. The highest BCUT2D eigenvalue weighted by atomic mass is 16.5. The van der Waals surface area contributed by atoms with Crippen LogP contribution in [0.15, 0.2) is 18.2 Å². The topological polar surface area (TPSA) is 108 Å². The maximum atomic E-state index is 13.3. The van der Waals surface area contributed by atoms with E-state index in [-0.39, 0.29) is 24.9 Å². The second-order valence-electron chi connectivity index (χ2n) is 10.2. The fraction of sp³-hybridized carbons (Fsp3) is 0.615. The molecule has 0 aliphatic carbocycles. The standard InChI is InChI=1S/C26H34N4O5/c31-22-9-8-21(24(32)28-22)30-25(33)20-7-1-5-18(23(20)26(30)34)15-29-12-3-6-19(16-29)35-13-10-17-4-2-11-27-14-17/h1,5,7,17,19,21,27H,2-4,6,8-16H2,(H,28,31,32). The molecule has 35 heavy (non-hydrogen) atoms. The van der Waals surface area contributed by atoms with Crippen LogP contribution in [0.4, 0.5) is 0 Å². The number of amides is 4. The van der Waals surface area contributed by atoms with E-state index in [0.717, 1.165) is 62.5 Å². The second-order valence-corrected chi connectivity index (χ2v) is 10.2. The van der Waals surface area contributed by atoms with Crippen LogP contribution in [0.1, 0.15) is 71.2 Å². The van der Waals surface area contributed by atoms with E-state index in [4.69, 9.17) is 4.74 Å². The lowest BCUT2D eigenvalue weighted by atomic mass is 9.96. The summed E-state index contributed by atoms with van der Waals surface area (Å²) in [4.78, 5) is 53.6. The number of imide groups is 2. The third kappa shape index (κ3) is 5.17. The molecule has 3 saturated heterocycles. The Hall–Kier alpha value is -2.62. The zero-order valence-corrected chi connectivity index (χ0v) is 20.1. The maximum absolute atomic E-state index is 13.3. The summed E-state index contributed by atoms with van der Waals surface area (Å²) in [5, 5.41) is 5.70. The minimum atomic E-state index is -0.944. The normalized spacial score (nSPS) is 27.8. The minimum Gasteiger partial charge on any atom is -0.377 e. The van der Waals surface area contributed by atoms with Crippen molar-refractivity contribution in [3.8, 4) is 0 Å². The first-order valence-electron chi connectivity index (χ1n) is 12.9. The van der Waals surface area contributed by atoms with Crippen molar-refractivity contribution in [3.05, 3.63) is 34.9 Å². The molecule has 0 saturated carbocycles. The van der Waals surface area contributed by atoms with Gasteiger partial charge in [-0.25, -0.2) is 0 Å². The van der Waals surface area contributed by atoms with Crippen molar-refractivity contribution in [2.24, 2.45) is 5.92 Å². The van der Waals surface area contributed by atoms with Gasteiger partial charge in [0, 0.05) is 26.1 Å². The number of hydrogen-bond donors (Lipinski definition) is 2. The number of hydrogen-bond acceptors (Lipinski definition) is 7. The Bertz CT molecular complexity index is 1010. The first-order valence-corrected chi connectivity index (χ1v) is 12.9. The Morgan fingerprint density at radius 1 is 1.03 bits per heavy atom. The predicted octanol–water partition coefficient (Wildman–Crippen LogP) is 1.46. The molecule has 0 bridgehead atoms. The highest BCUT2D eigenvalue weighted by Gasteiger charge is 2.45. The average molecular weight is 483 g/mol. The number of piperidine rings is 3. The molecule has 2 N–H and O–H groups in total. The van der Waals surface area contributed by atoms with Gasteiger partial charge in [-0.2, -0.15) is 0 Å². The van der Waals surface area contributed by atoms with Crippen molar-refractivity contribution in [1.82, 2.24) is 20.4 Å². The minimum absolute atomic E-state index is 0.114. The highest BCUT2D eigenvalue weighted by molar-refractivity contribution is 6.24. The van der Waals surface area contributed by atoms with Gasteiger partial charge >= 0.3 is 0 Å². The molecule has 4 aliphatic rings. The first-order chi connectivity index (χ1) is 17.0. The zero-order valence-electron chi connectivity index (χ0n) is 20.1. The number of nitrogens with one attached hydrogen (secondary N) is 2. The van der Waals surface area contributed by atoms with Gasteiger partial charge < -0.3 is 10.1 Å². The number of nitrogens with zero attached hydrogens (tertiary/aromatic N) is 2. The van der Waals surface area contributed by atoms with Crippen LogP contribution in [-0.4, -0.2) is 78.4 Å². The Kier molecular flexibility index (Phi) is 7.27. The Morgan fingerprint density at radius 3 is 2.71 bits per heavy atom. The summed E-state index contributed by atoms with van der Waals surface area (Å²) in [6.07, 6.45) is 6.11. The fourth-order valence-corrected chi connectivity index (χ4v) is 5.82. The van der Waals surface area contributed by atoms with Gasteiger partial charge in [0.1, 0.15) is 6.04 Å². The van der Waals surface area contributed by atoms with Crippen LogP contribution in [0.5, 0.6) is 0 Å². The van der Waals surface area contributed by atoms with E-state index >= 15 is 0 Å². The van der Waals surface area contributed by atoms with Gasteiger partial charge in [0.05, 0.1) is 17.2 Å². The number of ether oxygens (including phenoxy) is 1. The summed E-state index contributed by atoms with van der Waals surface area (Å²) >= 11 is 0. The van der Waals surface area contributed by atoms with Crippen LogP contribution in [0.3, 0.4) is 0 Å². The molecule has 4 aliphatic heterocycles. The molecule has 4 heterocycles. The van der Waals surface area contributed by atoms with Gasteiger partial charge in [-0.15, -0.1) is 0 Å². The molecule has 3 unspecified atom stereocenters. The Morgan fingerprint density at radius 2 is 1.91 bits per heavy atom. The van der Waals surface area contributed by atoms with E-state index < -0.39 is 23.8 Å². The third-order valence-corrected chi connectivity index (χ3v) is 7.69. The van der Waals surface area contributed by atoms with Crippen LogP contribution in [-0.2, 0) is 20.9 Å². The van der Waals surface area contributed by atoms with Crippen LogP contribution in [0, 0.1) is 5.92 Å². The van der Waals surface area contributed by atoms with Crippen LogP contribution >= 0.6 is 0 Å². The maximum Gasteiger partial charge on any atom is 0.262 e. The molecule has 9 heteroatoms. The van der Waals surface area contributed by atoms with Crippen LogP contribution < -0.4 is 10.6 Å². The third-order valence-electron chi connectivity index (χ3n) is 7.69. The molecular formula is C26H34N4O5. The Balaban J connectivity index is 1.22. The highest BCUT2D eigenvalue weighted by Crippen LogP contribution is 2.31. The summed E-state index contributed by atoms with van der Waals surface area (Å²) in [7, 11) is 0. The van der Waals surface area contributed by atoms with E-state index in [2.05, 4.69) is 15.5 Å². The van der Waals surface area contributed by atoms with E-state index in [1.165, 1.54) is 12.8 Å². The molecule has 0 radical (unpaired) electrons. The number of likely N-dealkylation sites (tertiary alicyclic amines) is 1. The zero-order chi connectivity index (χ0) is 24.4. The lowest BCUT2D eigenvalue weighted by Gasteiger charge is -2.33. The van der Waals surface area contributed by atoms with Crippen LogP contribution in [0.25, 0.3) is 0 Å². The molecular weight excluding hydrogens is 448 g/mol. The molecule has 3 fully saturated rings. The number of carbonyl (C=O) groups is 4. The first kappa shape index (κ1) is 24.1. The van der Waals surface area contributed by atoms with E-state index in [1.807, 2.05) is 6.07 Å². The molecule has 0 spiro atoms. The number of rotatable bonds is 7. The van der Waals surface area contributed by atoms with Gasteiger partial charge in [-0.3, -0.25) is 34.3 Å². The number of carbonyl (C=O) groups excluding carboxylic acids is 4. The van der Waals surface area contributed by atoms with Crippen molar-refractivity contribution in [1.29, 1.82) is 0 Å². The summed E-state index contributed by atoms with van der Waals surface area (Å²) in [6, 6.07) is 4.38. The Labute approximate surface area is 205 Å². The molecule has 5 rings (SSSR count). The largest absolute Gasteiger partial charge is 0.377 e. The quantitative estimate of drug-likeness (QED) is 0.567. The van der Waals surface area contributed by atoms with Gasteiger partial charge in [0.25, 0.3) is 11.8 Å². The van der Waals surface area contributed by atoms with Crippen molar-refractivity contribution >= 4 is 23.6 Å². The lowest BCUT2D eigenvalue weighted by molar-refractivity contribution is -0.136. The molecule has 3 atom stereocenters. The molecule has 1 aromatic carbocycles. The van der Waals surface area contributed by atoms with Gasteiger partial charge in [-0.1, -0.05) is 12.1 Å². The SMILES string of the molecule is O=C1CCC(N2C(=O)c3cccc(CN4CCCC(OCCC5CCCNC5)C4)c3C2=O)C(=O)N1. The molecule has 188 valence electrons. The monoisotopic (exact) mass is 482 g/mol. The van der Waals surface area contributed by atoms with Gasteiger partial charge in [-0.05, 0) is 75.7 Å². The summed E-state index contributed by atoms with van der Waals surface area (Å²) < 4.78 is 6.23. The number of fused-ring (bicyclic) bond motifs is 1. The van der Waals surface area contributed by atoms with E-state index in [9.17, 15) is 19.2 Å².